The van der Waals surface area contributed by atoms with Crippen LogP contribution in [0, 0.1) is 10.1 Å². The fourth-order valence-electron chi connectivity index (χ4n) is 2.77. The minimum atomic E-state index is -3.85. The Bertz CT molecular complexity index is 951. The summed E-state index contributed by atoms with van der Waals surface area (Å²) in [5.41, 5.74) is 4.51. The SMILES string of the molecule is CNC(=O)NNC(=O)[C@@H]1C[C@@H](OS(C)(=O)=O)CN1C(=O)OCc1ccc([N+](=O)[O-])cc1. The van der Waals surface area contributed by atoms with Crippen molar-refractivity contribution in [3.63, 3.8) is 0 Å². The van der Waals surface area contributed by atoms with Crippen LogP contribution in [0.25, 0.3) is 0 Å². The number of rotatable bonds is 6. The molecule has 1 aromatic carbocycles. The fraction of sp³-hybridized carbons (Fsp3) is 0.438. The third-order valence-electron chi connectivity index (χ3n) is 4.15. The highest BCUT2D eigenvalue weighted by molar-refractivity contribution is 7.86. The highest BCUT2D eigenvalue weighted by atomic mass is 32.2. The van der Waals surface area contributed by atoms with Crippen molar-refractivity contribution in [2.45, 2.75) is 25.2 Å². The van der Waals surface area contributed by atoms with Gasteiger partial charge in [-0.1, -0.05) is 0 Å². The van der Waals surface area contributed by atoms with Crippen LogP contribution in [0.5, 0.6) is 0 Å². The molecule has 1 aromatic rings. The molecule has 31 heavy (non-hydrogen) atoms. The van der Waals surface area contributed by atoms with Crippen LogP contribution >= 0.6 is 0 Å². The molecule has 1 heterocycles. The van der Waals surface area contributed by atoms with Gasteiger partial charge in [-0.15, -0.1) is 0 Å². The van der Waals surface area contributed by atoms with Crippen molar-refractivity contribution in [3.8, 4) is 0 Å². The molecule has 0 unspecified atom stereocenters. The van der Waals surface area contributed by atoms with E-state index >= 15 is 0 Å². The summed E-state index contributed by atoms with van der Waals surface area (Å²) in [4.78, 5) is 47.2. The zero-order chi connectivity index (χ0) is 23.2. The number of ether oxygens (including phenoxy) is 1. The molecule has 1 aliphatic rings. The van der Waals surface area contributed by atoms with Gasteiger partial charge in [0.05, 0.1) is 23.8 Å². The van der Waals surface area contributed by atoms with Crippen molar-refractivity contribution >= 4 is 33.8 Å². The van der Waals surface area contributed by atoms with E-state index in [1.54, 1.807) is 0 Å². The van der Waals surface area contributed by atoms with Gasteiger partial charge in [-0.25, -0.2) is 15.0 Å². The Morgan fingerprint density at radius 2 is 1.87 bits per heavy atom. The van der Waals surface area contributed by atoms with Crippen LogP contribution < -0.4 is 16.2 Å². The maximum atomic E-state index is 12.5. The Morgan fingerprint density at radius 1 is 1.23 bits per heavy atom. The molecular weight excluding hydrogens is 438 g/mol. The van der Waals surface area contributed by atoms with E-state index in [0.29, 0.717) is 5.56 Å². The smallest absolute Gasteiger partial charge is 0.410 e. The van der Waals surface area contributed by atoms with Gasteiger partial charge in [0.2, 0.25) is 0 Å². The van der Waals surface area contributed by atoms with Crippen LogP contribution in [0.1, 0.15) is 12.0 Å². The first-order chi connectivity index (χ1) is 14.5. The number of amides is 4. The van der Waals surface area contributed by atoms with Crippen molar-refractivity contribution in [2.75, 3.05) is 19.8 Å². The summed E-state index contributed by atoms with van der Waals surface area (Å²) >= 11 is 0. The fourth-order valence-corrected chi connectivity index (χ4v) is 3.40. The molecule has 0 bridgehead atoms. The van der Waals surface area contributed by atoms with Gasteiger partial charge in [-0.05, 0) is 17.7 Å². The minimum absolute atomic E-state index is 0.129. The first-order valence-electron chi connectivity index (χ1n) is 8.82. The zero-order valence-electron chi connectivity index (χ0n) is 16.6. The number of nitro groups is 1. The minimum Gasteiger partial charge on any atom is -0.445 e. The molecule has 0 aromatic heterocycles. The highest BCUT2D eigenvalue weighted by Crippen LogP contribution is 2.23. The first kappa shape index (κ1) is 23.8. The lowest BCUT2D eigenvalue weighted by Crippen LogP contribution is -2.53. The molecule has 0 aliphatic carbocycles. The Morgan fingerprint density at radius 3 is 2.42 bits per heavy atom. The average Bonchev–Trinajstić information content (AvgIpc) is 3.12. The van der Waals surface area contributed by atoms with Gasteiger partial charge in [-0.3, -0.25) is 29.4 Å². The van der Waals surface area contributed by atoms with Gasteiger partial charge in [0.25, 0.3) is 21.7 Å². The van der Waals surface area contributed by atoms with Gasteiger partial charge >= 0.3 is 12.1 Å². The van der Waals surface area contributed by atoms with Crippen LogP contribution in [0.15, 0.2) is 24.3 Å². The Kier molecular flexibility index (Phi) is 7.71. The average molecular weight is 459 g/mol. The molecule has 4 amide bonds. The van der Waals surface area contributed by atoms with Crippen LogP contribution in [0.4, 0.5) is 15.3 Å². The number of likely N-dealkylation sites (tertiary alicyclic amines) is 1. The van der Waals surface area contributed by atoms with E-state index in [4.69, 9.17) is 8.92 Å². The Balaban J connectivity index is 2.06. The number of carbonyl (C=O) groups is 3. The normalized spacial score (nSPS) is 18.2. The summed E-state index contributed by atoms with van der Waals surface area (Å²) in [5, 5.41) is 12.9. The summed E-state index contributed by atoms with van der Waals surface area (Å²) in [5.74, 6) is -0.782. The van der Waals surface area contributed by atoms with E-state index in [-0.39, 0.29) is 25.3 Å². The van der Waals surface area contributed by atoms with Gasteiger partial charge in [0.1, 0.15) is 12.6 Å². The summed E-state index contributed by atoms with van der Waals surface area (Å²) in [7, 11) is -2.52. The van der Waals surface area contributed by atoms with E-state index in [1.165, 1.54) is 31.3 Å². The van der Waals surface area contributed by atoms with E-state index in [9.17, 15) is 32.9 Å². The van der Waals surface area contributed by atoms with E-state index in [0.717, 1.165) is 11.2 Å². The third kappa shape index (κ3) is 7.07. The number of hydrazine groups is 1. The number of nitrogens with zero attached hydrogens (tertiary/aromatic N) is 2. The summed E-state index contributed by atoms with van der Waals surface area (Å²) in [6.45, 7) is -0.486. The van der Waals surface area contributed by atoms with Crippen molar-refractivity contribution < 1.29 is 36.6 Å². The molecule has 1 fully saturated rings. The summed E-state index contributed by atoms with van der Waals surface area (Å²) < 4.78 is 32.9. The van der Waals surface area contributed by atoms with Gasteiger partial charge < -0.3 is 10.1 Å². The van der Waals surface area contributed by atoms with Crippen molar-refractivity contribution in [1.82, 2.24) is 21.1 Å². The number of benzene rings is 1. The molecule has 0 spiro atoms. The molecule has 0 radical (unpaired) electrons. The summed E-state index contributed by atoms with van der Waals surface area (Å²) in [6, 6.07) is 3.42. The number of nitrogens with one attached hydrogen (secondary N) is 3. The molecule has 3 N–H and O–H groups in total. The monoisotopic (exact) mass is 459 g/mol. The van der Waals surface area contributed by atoms with Gasteiger partial charge in [-0.2, -0.15) is 8.42 Å². The second-order valence-corrected chi connectivity index (χ2v) is 8.10. The number of nitro benzene ring substituents is 1. The Hall–Kier alpha value is -3.46. The number of hydrogen-bond acceptors (Lipinski definition) is 9. The molecule has 0 saturated carbocycles. The maximum Gasteiger partial charge on any atom is 0.410 e. The topological polar surface area (TPSA) is 186 Å². The lowest BCUT2D eigenvalue weighted by molar-refractivity contribution is -0.384. The molecule has 15 heteroatoms. The van der Waals surface area contributed by atoms with Crippen molar-refractivity contribution in [3.05, 3.63) is 39.9 Å². The second-order valence-electron chi connectivity index (χ2n) is 6.50. The number of urea groups is 1. The first-order valence-corrected chi connectivity index (χ1v) is 10.6. The van der Waals surface area contributed by atoms with Crippen molar-refractivity contribution in [1.29, 1.82) is 0 Å². The number of non-ortho nitro benzene ring substituents is 1. The molecule has 1 aliphatic heterocycles. The summed E-state index contributed by atoms with van der Waals surface area (Å²) in [6.07, 6.45) is -1.23. The van der Waals surface area contributed by atoms with E-state index in [1.807, 2.05) is 0 Å². The zero-order valence-corrected chi connectivity index (χ0v) is 17.4. The van der Waals surface area contributed by atoms with Crippen LogP contribution in [-0.2, 0) is 30.4 Å². The molecule has 14 nitrogen and oxygen atoms in total. The lowest BCUT2D eigenvalue weighted by Gasteiger charge is -2.23. The molecular formula is C16H21N5O9S. The molecule has 1 saturated heterocycles. The van der Waals surface area contributed by atoms with Crippen LogP contribution in [0.3, 0.4) is 0 Å². The van der Waals surface area contributed by atoms with Crippen molar-refractivity contribution in [2.24, 2.45) is 0 Å². The third-order valence-corrected chi connectivity index (χ3v) is 4.77. The maximum absolute atomic E-state index is 12.5. The highest BCUT2D eigenvalue weighted by Gasteiger charge is 2.42. The quantitative estimate of drug-likeness (QED) is 0.289. The second kappa shape index (κ2) is 10.0. The standard InChI is InChI=1S/C16H21N5O9S/c1-17-15(23)19-18-14(22)13-7-12(30-31(2,27)28)8-20(13)16(24)29-9-10-3-5-11(6-4-10)21(25)26/h3-6,12-13H,7-9H2,1-2H3,(H,18,22)(H2,17,19,23)/t12-,13+/m1/s1. The molecule has 2 rings (SSSR count). The predicted molar refractivity (Wildman–Crippen MR) is 104 cm³/mol. The van der Waals surface area contributed by atoms with Gasteiger partial charge in [0.15, 0.2) is 0 Å². The largest absolute Gasteiger partial charge is 0.445 e. The van der Waals surface area contributed by atoms with E-state index < -0.39 is 45.2 Å². The van der Waals surface area contributed by atoms with Gasteiger partial charge in [0, 0.05) is 25.6 Å². The number of hydrogen-bond donors (Lipinski definition) is 3. The van der Waals surface area contributed by atoms with E-state index in [2.05, 4.69) is 16.2 Å². The van der Waals surface area contributed by atoms with Crippen LogP contribution in [-0.4, -0.2) is 68.3 Å². The number of carbonyl (C=O) groups excluding carboxylic acids is 3. The lowest BCUT2D eigenvalue weighted by atomic mass is 10.2. The predicted octanol–water partition coefficient (Wildman–Crippen LogP) is -0.389. The Labute approximate surface area is 177 Å². The molecule has 2 atom stereocenters. The van der Waals surface area contributed by atoms with Crippen LogP contribution in [0.2, 0.25) is 0 Å². The molecule has 170 valence electrons.